The molecule has 1 aromatic rings. The van der Waals surface area contributed by atoms with E-state index in [1.54, 1.807) is 6.07 Å². The first-order valence-corrected chi connectivity index (χ1v) is 8.70. The Morgan fingerprint density at radius 2 is 1.71 bits per heavy atom. The van der Waals surface area contributed by atoms with E-state index in [2.05, 4.69) is 6.92 Å². The quantitative estimate of drug-likeness (QED) is 0.478. The molecule has 0 saturated carbocycles. The average Bonchev–Trinajstić information content (AvgIpc) is 2.50. The Kier molecular flexibility index (Phi) is 6.66. The zero-order valence-electron chi connectivity index (χ0n) is 13.3. The van der Waals surface area contributed by atoms with Gasteiger partial charge in [-0.25, -0.2) is 8.78 Å². The molecule has 0 bridgehead atoms. The van der Waals surface area contributed by atoms with Gasteiger partial charge in [-0.3, -0.25) is 0 Å². The lowest BCUT2D eigenvalue weighted by atomic mass is 9.79. The lowest BCUT2D eigenvalue weighted by Gasteiger charge is -2.26. The summed E-state index contributed by atoms with van der Waals surface area (Å²) in [5, 5.41) is 0. The maximum absolute atomic E-state index is 14.1. The van der Waals surface area contributed by atoms with Crippen molar-refractivity contribution in [2.45, 2.75) is 83.5 Å². The fourth-order valence-corrected chi connectivity index (χ4v) is 3.59. The molecule has 1 atom stereocenters. The standard InChI is InChI=1S/C19H28F2/c1-2-3-4-5-6-7-8-10-15-11-9-12-16-13-14-17(20)19(21)18(15)16/h13-15H,2-12H2,1H3. The third-order valence-corrected chi connectivity index (χ3v) is 4.79. The Hall–Kier alpha value is -0.920. The zero-order valence-corrected chi connectivity index (χ0v) is 13.3. The lowest BCUT2D eigenvalue weighted by Crippen LogP contribution is -2.13. The van der Waals surface area contributed by atoms with E-state index in [-0.39, 0.29) is 5.92 Å². The molecule has 0 fully saturated rings. The maximum Gasteiger partial charge on any atom is 0.162 e. The number of aryl methyl sites for hydroxylation is 1. The van der Waals surface area contributed by atoms with E-state index in [1.165, 1.54) is 44.6 Å². The first-order valence-electron chi connectivity index (χ1n) is 8.70. The van der Waals surface area contributed by atoms with Crippen LogP contribution in [0.25, 0.3) is 0 Å². The monoisotopic (exact) mass is 294 g/mol. The maximum atomic E-state index is 14.1. The molecule has 0 radical (unpaired) electrons. The summed E-state index contributed by atoms with van der Waals surface area (Å²) in [4.78, 5) is 0. The highest BCUT2D eigenvalue weighted by molar-refractivity contribution is 5.34. The number of hydrogen-bond acceptors (Lipinski definition) is 0. The lowest BCUT2D eigenvalue weighted by molar-refractivity contribution is 0.436. The molecule has 2 rings (SSSR count). The van der Waals surface area contributed by atoms with Gasteiger partial charge in [0.05, 0.1) is 0 Å². The van der Waals surface area contributed by atoms with Crippen LogP contribution >= 0.6 is 0 Å². The minimum Gasteiger partial charge on any atom is -0.204 e. The van der Waals surface area contributed by atoms with Gasteiger partial charge in [-0.2, -0.15) is 0 Å². The normalized spacial score (nSPS) is 17.8. The highest BCUT2D eigenvalue weighted by Crippen LogP contribution is 2.37. The summed E-state index contributed by atoms with van der Waals surface area (Å²) in [7, 11) is 0. The average molecular weight is 294 g/mol. The molecule has 0 saturated heterocycles. The van der Waals surface area contributed by atoms with Crippen molar-refractivity contribution in [3.05, 3.63) is 34.9 Å². The summed E-state index contributed by atoms with van der Waals surface area (Å²) in [5.41, 5.74) is 1.72. The highest BCUT2D eigenvalue weighted by Gasteiger charge is 2.25. The van der Waals surface area contributed by atoms with Gasteiger partial charge in [0.25, 0.3) is 0 Å². The molecule has 21 heavy (non-hydrogen) atoms. The van der Waals surface area contributed by atoms with Crippen LogP contribution in [-0.2, 0) is 6.42 Å². The zero-order chi connectivity index (χ0) is 15.1. The van der Waals surface area contributed by atoms with E-state index < -0.39 is 11.6 Å². The fourth-order valence-electron chi connectivity index (χ4n) is 3.59. The molecule has 2 heteroatoms. The van der Waals surface area contributed by atoms with E-state index in [4.69, 9.17) is 0 Å². The molecule has 1 aliphatic rings. The molecule has 0 N–H and O–H groups in total. The third-order valence-electron chi connectivity index (χ3n) is 4.79. The van der Waals surface area contributed by atoms with E-state index >= 15 is 0 Å². The van der Waals surface area contributed by atoms with Crippen LogP contribution in [-0.4, -0.2) is 0 Å². The van der Waals surface area contributed by atoms with Gasteiger partial charge >= 0.3 is 0 Å². The highest BCUT2D eigenvalue weighted by atomic mass is 19.2. The second-order valence-corrected chi connectivity index (χ2v) is 6.43. The van der Waals surface area contributed by atoms with Crippen LogP contribution in [0.1, 0.15) is 88.2 Å². The molecular formula is C19H28F2. The van der Waals surface area contributed by atoms with Crippen LogP contribution in [0, 0.1) is 11.6 Å². The van der Waals surface area contributed by atoms with Crippen LogP contribution < -0.4 is 0 Å². The van der Waals surface area contributed by atoms with Crippen LogP contribution in [0.15, 0.2) is 12.1 Å². The molecule has 0 aliphatic heterocycles. The second-order valence-electron chi connectivity index (χ2n) is 6.43. The first-order chi connectivity index (χ1) is 10.2. The molecule has 118 valence electrons. The van der Waals surface area contributed by atoms with Crippen molar-refractivity contribution >= 4 is 0 Å². The minimum atomic E-state index is -0.680. The van der Waals surface area contributed by atoms with E-state index in [9.17, 15) is 8.78 Å². The van der Waals surface area contributed by atoms with Gasteiger partial charge in [-0.15, -0.1) is 0 Å². The van der Waals surface area contributed by atoms with Gasteiger partial charge in [-0.1, -0.05) is 57.9 Å². The van der Waals surface area contributed by atoms with Crippen molar-refractivity contribution in [1.82, 2.24) is 0 Å². The first kappa shape index (κ1) is 16.5. The summed E-state index contributed by atoms with van der Waals surface area (Å²) in [6, 6.07) is 3.06. The van der Waals surface area contributed by atoms with Crippen molar-refractivity contribution in [3.8, 4) is 0 Å². The van der Waals surface area contributed by atoms with Crippen LogP contribution in [0.2, 0.25) is 0 Å². The van der Waals surface area contributed by atoms with Crippen molar-refractivity contribution in [2.75, 3.05) is 0 Å². The van der Waals surface area contributed by atoms with Crippen molar-refractivity contribution in [1.29, 1.82) is 0 Å². The Bertz CT molecular complexity index is 439. The predicted octanol–water partition coefficient (Wildman–Crippen LogP) is 6.53. The van der Waals surface area contributed by atoms with Gasteiger partial charge in [0.2, 0.25) is 0 Å². The van der Waals surface area contributed by atoms with Crippen molar-refractivity contribution in [3.63, 3.8) is 0 Å². The Morgan fingerprint density at radius 1 is 1.00 bits per heavy atom. The van der Waals surface area contributed by atoms with Crippen LogP contribution in [0.5, 0.6) is 0 Å². The van der Waals surface area contributed by atoms with Crippen LogP contribution in [0.4, 0.5) is 8.78 Å². The van der Waals surface area contributed by atoms with E-state index in [0.717, 1.165) is 37.7 Å². The second kappa shape index (κ2) is 8.51. The fraction of sp³-hybridized carbons (Fsp3) is 0.684. The van der Waals surface area contributed by atoms with Gasteiger partial charge in [0, 0.05) is 0 Å². The summed E-state index contributed by atoms with van der Waals surface area (Å²) in [6.45, 7) is 2.23. The number of fused-ring (bicyclic) bond motifs is 1. The molecule has 0 heterocycles. The molecule has 0 nitrogen and oxygen atoms in total. The SMILES string of the molecule is CCCCCCCCCC1CCCc2ccc(F)c(F)c21. The Balaban J connectivity index is 1.82. The summed E-state index contributed by atoms with van der Waals surface area (Å²) < 4.78 is 27.5. The van der Waals surface area contributed by atoms with Gasteiger partial charge in [-0.05, 0) is 48.8 Å². The number of halogens is 2. The molecule has 1 aromatic carbocycles. The van der Waals surface area contributed by atoms with E-state index in [1.807, 2.05) is 0 Å². The summed E-state index contributed by atoms with van der Waals surface area (Å²) in [5.74, 6) is -1.03. The topological polar surface area (TPSA) is 0 Å². The summed E-state index contributed by atoms with van der Waals surface area (Å²) >= 11 is 0. The molecule has 1 unspecified atom stereocenters. The number of benzene rings is 1. The Labute approximate surface area is 128 Å². The summed E-state index contributed by atoms with van der Waals surface area (Å²) in [6.07, 6.45) is 13.0. The molecule has 0 amide bonds. The predicted molar refractivity (Wildman–Crippen MR) is 84.6 cm³/mol. The number of unbranched alkanes of at least 4 members (excludes halogenated alkanes) is 6. The number of rotatable bonds is 8. The largest absolute Gasteiger partial charge is 0.204 e. The third kappa shape index (κ3) is 4.52. The van der Waals surface area contributed by atoms with Crippen molar-refractivity contribution in [2.24, 2.45) is 0 Å². The van der Waals surface area contributed by atoms with Crippen LogP contribution in [0.3, 0.4) is 0 Å². The number of hydrogen-bond donors (Lipinski definition) is 0. The van der Waals surface area contributed by atoms with Gasteiger partial charge in [0.15, 0.2) is 11.6 Å². The molecule has 0 spiro atoms. The molecular weight excluding hydrogens is 266 g/mol. The smallest absolute Gasteiger partial charge is 0.162 e. The molecule has 0 aromatic heterocycles. The van der Waals surface area contributed by atoms with E-state index in [0.29, 0.717) is 5.56 Å². The van der Waals surface area contributed by atoms with Gasteiger partial charge < -0.3 is 0 Å². The van der Waals surface area contributed by atoms with Gasteiger partial charge in [0.1, 0.15) is 0 Å². The van der Waals surface area contributed by atoms with Crippen molar-refractivity contribution < 1.29 is 8.78 Å². The minimum absolute atomic E-state index is 0.236. The Morgan fingerprint density at radius 3 is 2.48 bits per heavy atom. The molecule has 1 aliphatic carbocycles.